The van der Waals surface area contributed by atoms with Crippen molar-refractivity contribution >= 4 is 27.5 Å². The molecule has 0 aliphatic carbocycles. The SMILES string of the molecule is CCc1ccc2c(c1)sc(=NC(=O)c1cccc(OC)c1OC)n2C. The van der Waals surface area contributed by atoms with E-state index in [0.717, 1.165) is 16.6 Å². The lowest BCUT2D eigenvalue weighted by atomic mass is 10.1. The van der Waals surface area contributed by atoms with E-state index in [1.54, 1.807) is 25.3 Å². The fraction of sp³-hybridized carbons (Fsp3) is 0.263. The van der Waals surface area contributed by atoms with E-state index in [2.05, 4.69) is 30.1 Å². The largest absolute Gasteiger partial charge is 0.493 e. The average Bonchev–Trinajstić information content (AvgIpc) is 2.95. The van der Waals surface area contributed by atoms with Gasteiger partial charge in [-0.2, -0.15) is 4.99 Å². The van der Waals surface area contributed by atoms with Crippen LogP contribution in [0.3, 0.4) is 0 Å². The number of carbonyl (C=O) groups is 1. The maximum absolute atomic E-state index is 12.7. The highest BCUT2D eigenvalue weighted by molar-refractivity contribution is 7.16. The molecule has 1 aromatic heterocycles. The Labute approximate surface area is 150 Å². The first-order valence-corrected chi connectivity index (χ1v) is 8.79. The van der Waals surface area contributed by atoms with Crippen molar-refractivity contribution in [3.63, 3.8) is 0 Å². The third-order valence-electron chi connectivity index (χ3n) is 4.11. The summed E-state index contributed by atoms with van der Waals surface area (Å²) in [6.45, 7) is 2.12. The van der Waals surface area contributed by atoms with E-state index in [9.17, 15) is 4.79 Å². The van der Waals surface area contributed by atoms with Gasteiger partial charge in [-0.15, -0.1) is 0 Å². The van der Waals surface area contributed by atoms with Crippen LogP contribution in [0.15, 0.2) is 41.4 Å². The molecule has 0 saturated carbocycles. The minimum atomic E-state index is -0.353. The second-order valence-corrected chi connectivity index (χ2v) is 6.57. The summed E-state index contributed by atoms with van der Waals surface area (Å²) in [5.41, 5.74) is 2.71. The van der Waals surface area contributed by atoms with Crippen LogP contribution in [0.2, 0.25) is 0 Å². The van der Waals surface area contributed by atoms with E-state index in [1.165, 1.54) is 24.0 Å². The Kier molecular flexibility index (Phi) is 4.90. The summed E-state index contributed by atoms with van der Waals surface area (Å²) >= 11 is 1.50. The highest BCUT2D eigenvalue weighted by Crippen LogP contribution is 2.31. The van der Waals surface area contributed by atoms with E-state index in [0.29, 0.717) is 21.9 Å². The number of rotatable bonds is 4. The molecular formula is C19H20N2O3S. The van der Waals surface area contributed by atoms with Crippen LogP contribution in [0.4, 0.5) is 0 Å². The van der Waals surface area contributed by atoms with Crippen molar-refractivity contribution in [1.82, 2.24) is 4.57 Å². The average molecular weight is 356 g/mol. The lowest BCUT2D eigenvalue weighted by Crippen LogP contribution is -2.13. The van der Waals surface area contributed by atoms with Gasteiger partial charge in [0.1, 0.15) is 0 Å². The smallest absolute Gasteiger partial charge is 0.283 e. The normalized spacial score (nSPS) is 11.8. The molecule has 0 unspecified atom stereocenters. The number of hydrogen-bond acceptors (Lipinski definition) is 4. The van der Waals surface area contributed by atoms with Crippen LogP contribution in [0, 0.1) is 0 Å². The number of benzene rings is 2. The molecule has 2 aromatic carbocycles. The van der Waals surface area contributed by atoms with Crippen LogP contribution in [-0.4, -0.2) is 24.7 Å². The molecule has 0 N–H and O–H groups in total. The molecule has 130 valence electrons. The second kappa shape index (κ2) is 7.11. The zero-order valence-electron chi connectivity index (χ0n) is 14.7. The molecule has 3 aromatic rings. The van der Waals surface area contributed by atoms with Gasteiger partial charge >= 0.3 is 0 Å². The van der Waals surface area contributed by atoms with Gasteiger partial charge in [0.2, 0.25) is 0 Å². The van der Waals surface area contributed by atoms with Crippen LogP contribution in [0.5, 0.6) is 11.5 Å². The van der Waals surface area contributed by atoms with E-state index in [1.807, 2.05) is 11.6 Å². The second-order valence-electron chi connectivity index (χ2n) is 5.56. The van der Waals surface area contributed by atoms with Crippen molar-refractivity contribution in [3.05, 3.63) is 52.3 Å². The molecule has 3 rings (SSSR count). The molecule has 0 spiro atoms. The maximum Gasteiger partial charge on any atom is 0.283 e. The standard InChI is InChI=1S/C19H20N2O3S/c1-5-12-9-10-14-16(11-12)25-19(21(14)2)20-18(22)13-7-6-8-15(23-3)17(13)24-4/h6-11H,5H2,1-4H3. The molecule has 1 amide bonds. The molecule has 0 fully saturated rings. The molecule has 25 heavy (non-hydrogen) atoms. The first kappa shape index (κ1) is 17.2. The Morgan fingerprint density at radius 1 is 1.20 bits per heavy atom. The van der Waals surface area contributed by atoms with Crippen LogP contribution in [0.25, 0.3) is 10.2 Å². The molecule has 0 saturated heterocycles. The molecular weight excluding hydrogens is 336 g/mol. The summed E-state index contributed by atoms with van der Waals surface area (Å²) in [5, 5.41) is 0. The predicted molar refractivity (Wildman–Crippen MR) is 99.6 cm³/mol. The number of amides is 1. The first-order valence-electron chi connectivity index (χ1n) is 7.97. The Balaban J connectivity index is 2.11. The van der Waals surface area contributed by atoms with Crippen molar-refractivity contribution in [2.75, 3.05) is 14.2 Å². The molecule has 0 aliphatic rings. The fourth-order valence-electron chi connectivity index (χ4n) is 2.71. The summed E-state index contributed by atoms with van der Waals surface area (Å²) in [6.07, 6.45) is 0.976. The van der Waals surface area contributed by atoms with E-state index >= 15 is 0 Å². The maximum atomic E-state index is 12.7. The Bertz CT molecular complexity index is 1000. The minimum absolute atomic E-state index is 0.353. The molecule has 0 radical (unpaired) electrons. The van der Waals surface area contributed by atoms with Crippen LogP contribution < -0.4 is 14.3 Å². The van der Waals surface area contributed by atoms with Crippen molar-refractivity contribution in [3.8, 4) is 11.5 Å². The van der Waals surface area contributed by atoms with E-state index in [-0.39, 0.29) is 5.91 Å². The summed E-state index contributed by atoms with van der Waals surface area (Å²) < 4.78 is 13.6. The van der Waals surface area contributed by atoms with Gasteiger partial charge in [0.25, 0.3) is 5.91 Å². The van der Waals surface area contributed by atoms with Crippen molar-refractivity contribution in [2.24, 2.45) is 12.0 Å². The Morgan fingerprint density at radius 2 is 2.00 bits per heavy atom. The molecule has 0 bridgehead atoms. The third kappa shape index (κ3) is 3.17. The van der Waals surface area contributed by atoms with Gasteiger partial charge in [0.05, 0.1) is 30.0 Å². The number of hydrogen-bond donors (Lipinski definition) is 0. The number of fused-ring (bicyclic) bond motifs is 1. The number of carbonyl (C=O) groups excluding carboxylic acids is 1. The predicted octanol–water partition coefficient (Wildman–Crippen LogP) is 3.56. The fourth-order valence-corrected chi connectivity index (χ4v) is 3.79. The molecule has 5 nitrogen and oxygen atoms in total. The van der Waals surface area contributed by atoms with Crippen LogP contribution in [-0.2, 0) is 13.5 Å². The number of thiazole rings is 1. The lowest BCUT2D eigenvalue weighted by molar-refractivity contribution is 0.0994. The first-order chi connectivity index (χ1) is 12.1. The lowest BCUT2D eigenvalue weighted by Gasteiger charge is -2.09. The van der Waals surface area contributed by atoms with Gasteiger partial charge in [-0.3, -0.25) is 4.79 Å². The third-order valence-corrected chi connectivity index (χ3v) is 5.21. The summed E-state index contributed by atoms with van der Waals surface area (Å²) in [4.78, 5) is 17.7. The van der Waals surface area contributed by atoms with Gasteiger partial charge in [0.15, 0.2) is 16.3 Å². The molecule has 0 aliphatic heterocycles. The topological polar surface area (TPSA) is 52.8 Å². The molecule has 6 heteroatoms. The number of nitrogens with zero attached hydrogens (tertiary/aromatic N) is 2. The van der Waals surface area contributed by atoms with Gasteiger partial charge in [-0.1, -0.05) is 30.4 Å². The van der Waals surface area contributed by atoms with Gasteiger partial charge < -0.3 is 14.0 Å². The van der Waals surface area contributed by atoms with Gasteiger partial charge in [-0.05, 0) is 36.2 Å². The van der Waals surface area contributed by atoms with E-state index in [4.69, 9.17) is 9.47 Å². The highest BCUT2D eigenvalue weighted by atomic mass is 32.1. The minimum Gasteiger partial charge on any atom is -0.493 e. The summed E-state index contributed by atoms with van der Waals surface area (Å²) in [7, 11) is 4.97. The molecule has 1 heterocycles. The zero-order valence-corrected chi connectivity index (χ0v) is 15.5. The number of ether oxygens (including phenoxy) is 2. The van der Waals surface area contributed by atoms with Crippen molar-refractivity contribution < 1.29 is 14.3 Å². The number of para-hydroxylation sites is 1. The van der Waals surface area contributed by atoms with Gasteiger partial charge in [0, 0.05) is 7.05 Å². The van der Waals surface area contributed by atoms with Crippen LogP contribution >= 0.6 is 11.3 Å². The number of aryl methyl sites for hydroxylation is 2. The number of aromatic nitrogens is 1. The quantitative estimate of drug-likeness (QED) is 0.718. The number of methoxy groups -OCH3 is 2. The monoisotopic (exact) mass is 356 g/mol. The summed E-state index contributed by atoms with van der Waals surface area (Å²) in [6, 6.07) is 11.5. The van der Waals surface area contributed by atoms with Crippen LogP contribution in [0.1, 0.15) is 22.8 Å². The zero-order chi connectivity index (χ0) is 18.0. The summed E-state index contributed by atoms with van der Waals surface area (Å²) in [5.74, 6) is 0.557. The van der Waals surface area contributed by atoms with Crippen molar-refractivity contribution in [2.45, 2.75) is 13.3 Å². The highest BCUT2D eigenvalue weighted by Gasteiger charge is 2.16. The Morgan fingerprint density at radius 3 is 2.68 bits per heavy atom. The molecule has 0 atom stereocenters. The van der Waals surface area contributed by atoms with Gasteiger partial charge in [-0.25, -0.2) is 0 Å². The van der Waals surface area contributed by atoms with Crippen molar-refractivity contribution in [1.29, 1.82) is 0 Å². The Hall–Kier alpha value is -2.60. The van der Waals surface area contributed by atoms with E-state index < -0.39 is 0 Å².